The lowest BCUT2D eigenvalue weighted by Crippen LogP contribution is -2.35. The molecule has 0 saturated carbocycles. The maximum atomic E-state index is 11.8. The summed E-state index contributed by atoms with van der Waals surface area (Å²) in [6, 6.07) is 4.99. The quantitative estimate of drug-likeness (QED) is 0.734. The van der Waals surface area contributed by atoms with Gasteiger partial charge >= 0.3 is 0 Å². The molecule has 0 fully saturated rings. The number of para-hydroxylation sites is 1. The van der Waals surface area contributed by atoms with Gasteiger partial charge in [-0.2, -0.15) is 0 Å². The first-order chi connectivity index (χ1) is 7.51. The lowest BCUT2D eigenvalue weighted by Gasteiger charge is -2.20. The second-order valence-corrected chi connectivity index (χ2v) is 4.04. The predicted octanol–water partition coefficient (Wildman–Crippen LogP) is 2.21. The molecule has 0 bridgehead atoms. The van der Waals surface area contributed by atoms with E-state index in [4.69, 9.17) is 11.6 Å². The molecule has 0 saturated heterocycles. The van der Waals surface area contributed by atoms with Crippen molar-refractivity contribution in [1.29, 1.82) is 0 Å². The van der Waals surface area contributed by atoms with Gasteiger partial charge in [-0.05, 0) is 13.0 Å². The molecule has 1 aliphatic heterocycles. The molecule has 82 valence electrons. The zero-order valence-electron chi connectivity index (χ0n) is 8.67. The zero-order chi connectivity index (χ0) is 11.9. The van der Waals surface area contributed by atoms with Crippen molar-refractivity contribution < 1.29 is 9.90 Å². The fourth-order valence-corrected chi connectivity index (χ4v) is 2.00. The molecule has 1 unspecified atom stereocenters. The van der Waals surface area contributed by atoms with Gasteiger partial charge in [-0.3, -0.25) is 4.79 Å². The molecule has 16 heavy (non-hydrogen) atoms. The van der Waals surface area contributed by atoms with Crippen LogP contribution in [-0.2, 0) is 10.4 Å². The Kier molecular flexibility index (Phi) is 2.39. The van der Waals surface area contributed by atoms with Gasteiger partial charge in [-0.25, -0.2) is 0 Å². The molecule has 0 aromatic heterocycles. The fraction of sp³-hybridized carbons (Fsp3) is 0.167. The summed E-state index contributed by atoms with van der Waals surface area (Å²) in [4.78, 5) is 11.8. The average molecular weight is 236 g/mol. The number of aliphatic hydroxyl groups is 1. The Morgan fingerprint density at radius 3 is 2.94 bits per heavy atom. The Balaban J connectivity index is 2.74. The minimum atomic E-state index is -1.71. The van der Waals surface area contributed by atoms with Gasteiger partial charge in [-0.15, -0.1) is 5.73 Å². The molecule has 2 rings (SSSR count). The van der Waals surface area contributed by atoms with E-state index in [1.54, 1.807) is 25.1 Å². The van der Waals surface area contributed by atoms with Crippen LogP contribution in [0.3, 0.4) is 0 Å². The summed E-state index contributed by atoms with van der Waals surface area (Å²) in [6.45, 7) is 5.04. The van der Waals surface area contributed by atoms with Crippen molar-refractivity contribution in [2.45, 2.75) is 12.5 Å². The maximum absolute atomic E-state index is 11.8. The smallest absolute Gasteiger partial charge is 0.266 e. The highest BCUT2D eigenvalue weighted by Crippen LogP contribution is 2.43. The third kappa shape index (κ3) is 1.23. The van der Waals surface area contributed by atoms with Crippen LogP contribution in [0, 0.1) is 0 Å². The van der Waals surface area contributed by atoms with Crippen LogP contribution in [0.25, 0.3) is 0 Å². The first kappa shape index (κ1) is 11.0. The van der Waals surface area contributed by atoms with E-state index in [0.717, 1.165) is 0 Å². The number of carbonyl (C=O) groups excluding carboxylic acids is 1. The highest BCUT2D eigenvalue weighted by Gasteiger charge is 2.47. The Hall–Kier alpha value is -1.54. The van der Waals surface area contributed by atoms with Crippen molar-refractivity contribution in [2.75, 3.05) is 5.32 Å². The van der Waals surface area contributed by atoms with E-state index in [1.807, 2.05) is 0 Å². The van der Waals surface area contributed by atoms with E-state index in [1.165, 1.54) is 0 Å². The third-order valence-corrected chi connectivity index (χ3v) is 3.09. The number of nitrogens with one attached hydrogen (secondary N) is 1. The molecule has 3 nitrogen and oxygen atoms in total. The molecule has 0 spiro atoms. The van der Waals surface area contributed by atoms with Crippen LogP contribution in [0.15, 0.2) is 36.1 Å². The summed E-state index contributed by atoms with van der Waals surface area (Å²) in [6.07, 6.45) is 0. The van der Waals surface area contributed by atoms with Gasteiger partial charge < -0.3 is 10.4 Å². The fourth-order valence-electron chi connectivity index (χ4n) is 1.78. The lowest BCUT2D eigenvalue weighted by atomic mass is 9.89. The van der Waals surface area contributed by atoms with E-state index >= 15 is 0 Å². The molecule has 1 heterocycles. The maximum Gasteiger partial charge on any atom is 0.266 e. The van der Waals surface area contributed by atoms with Gasteiger partial charge in [-0.1, -0.05) is 30.3 Å². The number of carbonyl (C=O) groups is 1. The van der Waals surface area contributed by atoms with Crippen LogP contribution >= 0.6 is 11.6 Å². The molecule has 2 N–H and O–H groups in total. The van der Waals surface area contributed by atoms with Gasteiger partial charge in [0.05, 0.1) is 10.7 Å². The van der Waals surface area contributed by atoms with Crippen molar-refractivity contribution in [3.05, 3.63) is 46.7 Å². The van der Waals surface area contributed by atoms with Crippen LogP contribution in [0.1, 0.15) is 12.5 Å². The molecule has 1 aromatic carbocycles. The molecule has 0 radical (unpaired) electrons. The monoisotopic (exact) mass is 235 g/mol. The van der Waals surface area contributed by atoms with Gasteiger partial charge in [0.15, 0.2) is 5.60 Å². The molecule has 1 amide bonds. The minimum Gasteiger partial charge on any atom is -0.371 e. The Bertz CT molecular complexity index is 532. The number of hydrogen-bond donors (Lipinski definition) is 2. The van der Waals surface area contributed by atoms with Gasteiger partial charge in [0.2, 0.25) is 0 Å². The summed E-state index contributed by atoms with van der Waals surface area (Å²) in [7, 11) is 0. The average Bonchev–Trinajstić information content (AvgIpc) is 2.54. The highest BCUT2D eigenvalue weighted by molar-refractivity contribution is 6.34. The first-order valence-corrected chi connectivity index (χ1v) is 5.09. The van der Waals surface area contributed by atoms with Crippen LogP contribution in [0.5, 0.6) is 0 Å². The van der Waals surface area contributed by atoms with Crippen molar-refractivity contribution >= 4 is 23.2 Å². The minimum absolute atomic E-state index is 0.353. The van der Waals surface area contributed by atoms with E-state index in [0.29, 0.717) is 21.8 Å². The Morgan fingerprint density at radius 2 is 2.31 bits per heavy atom. The van der Waals surface area contributed by atoms with E-state index in [2.05, 4.69) is 17.6 Å². The molecular formula is C12H10ClNO2. The van der Waals surface area contributed by atoms with E-state index < -0.39 is 11.5 Å². The molecule has 0 aliphatic carbocycles. The zero-order valence-corrected chi connectivity index (χ0v) is 9.43. The molecule has 4 heteroatoms. The van der Waals surface area contributed by atoms with Crippen molar-refractivity contribution in [2.24, 2.45) is 0 Å². The van der Waals surface area contributed by atoms with Crippen LogP contribution in [-0.4, -0.2) is 11.0 Å². The molecular weight excluding hydrogens is 226 g/mol. The number of halogens is 1. The number of hydrogen-bond acceptors (Lipinski definition) is 2. The van der Waals surface area contributed by atoms with Crippen LogP contribution < -0.4 is 5.32 Å². The standard InChI is InChI=1S/C12H10ClNO2/c1-3-7(2)12(16)8-5-4-6-9(13)10(8)14-11(12)15/h4-6,16H,1H2,2H3,(H,14,15). The van der Waals surface area contributed by atoms with Gasteiger partial charge in [0.25, 0.3) is 5.91 Å². The summed E-state index contributed by atoms with van der Waals surface area (Å²) in [5, 5.41) is 13.4. The Labute approximate surface area is 98.0 Å². The van der Waals surface area contributed by atoms with E-state index in [9.17, 15) is 9.90 Å². The van der Waals surface area contributed by atoms with Crippen molar-refractivity contribution in [1.82, 2.24) is 0 Å². The second-order valence-electron chi connectivity index (χ2n) is 3.63. The summed E-state index contributed by atoms with van der Waals surface area (Å²) in [5.41, 5.74) is 2.09. The molecule has 1 aromatic rings. The second kappa shape index (κ2) is 3.49. The number of benzene rings is 1. The third-order valence-electron chi connectivity index (χ3n) is 2.78. The number of fused-ring (bicyclic) bond motifs is 1. The Morgan fingerprint density at radius 1 is 1.62 bits per heavy atom. The number of anilines is 1. The summed E-state index contributed by atoms with van der Waals surface area (Å²) < 4.78 is 0. The van der Waals surface area contributed by atoms with Gasteiger partial charge in [0.1, 0.15) is 0 Å². The normalized spacial score (nSPS) is 22.3. The predicted molar refractivity (Wildman–Crippen MR) is 62.3 cm³/mol. The van der Waals surface area contributed by atoms with E-state index in [-0.39, 0.29) is 0 Å². The highest BCUT2D eigenvalue weighted by atomic mass is 35.5. The first-order valence-electron chi connectivity index (χ1n) is 4.71. The molecule has 1 aliphatic rings. The van der Waals surface area contributed by atoms with Crippen molar-refractivity contribution in [3.8, 4) is 0 Å². The number of rotatable bonds is 1. The molecule has 1 atom stereocenters. The largest absolute Gasteiger partial charge is 0.371 e. The summed E-state index contributed by atoms with van der Waals surface area (Å²) in [5.74, 6) is -0.524. The van der Waals surface area contributed by atoms with Crippen molar-refractivity contribution in [3.63, 3.8) is 0 Å². The SMILES string of the molecule is C=C=C(C)C1(O)C(=O)Nc2c(Cl)cccc21. The lowest BCUT2D eigenvalue weighted by molar-refractivity contribution is -0.130. The van der Waals surface area contributed by atoms with Crippen LogP contribution in [0.2, 0.25) is 5.02 Å². The van der Waals surface area contributed by atoms with Gasteiger partial charge in [0, 0.05) is 11.1 Å². The topological polar surface area (TPSA) is 49.3 Å². The van der Waals surface area contributed by atoms with Crippen LogP contribution in [0.4, 0.5) is 5.69 Å². The number of amides is 1. The summed E-state index contributed by atoms with van der Waals surface area (Å²) >= 11 is 5.94.